The molecule has 0 aliphatic carbocycles. The van der Waals surface area contributed by atoms with Crippen LogP contribution in [0.3, 0.4) is 0 Å². The molecule has 98 valence electrons. The first-order valence-electron chi connectivity index (χ1n) is 6.58. The Morgan fingerprint density at radius 2 is 2.11 bits per heavy atom. The monoisotopic (exact) mass is 249 g/mol. The minimum atomic E-state index is -0.227. The molecule has 0 saturated carbocycles. The highest BCUT2D eigenvalue weighted by Crippen LogP contribution is 2.23. The number of fused-ring (bicyclic) bond motifs is 1. The standard InChI is InChI=1S/C14H20FN3/c1-3-5-11(16)14-17-12-7-6-10(15)9-13(12)18(14)8-4-2/h6-7,9,11H,3-5,8,16H2,1-2H3. The molecule has 1 aromatic carbocycles. The molecule has 0 bridgehead atoms. The highest BCUT2D eigenvalue weighted by Gasteiger charge is 2.16. The van der Waals surface area contributed by atoms with Gasteiger partial charge in [-0.05, 0) is 31.0 Å². The van der Waals surface area contributed by atoms with E-state index in [2.05, 4.69) is 23.4 Å². The highest BCUT2D eigenvalue weighted by molar-refractivity contribution is 5.76. The van der Waals surface area contributed by atoms with Gasteiger partial charge < -0.3 is 10.3 Å². The topological polar surface area (TPSA) is 43.8 Å². The molecule has 2 N–H and O–H groups in total. The maximum atomic E-state index is 13.3. The maximum Gasteiger partial charge on any atom is 0.126 e. The Morgan fingerprint density at radius 3 is 2.78 bits per heavy atom. The zero-order chi connectivity index (χ0) is 13.1. The number of hydrogen-bond acceptors (Lipinski definition) is 2. The summed E-state index contributed by atoms with van der Waals surface area (Å²) in [5.41, 5.74) is 7.83. The van der Waals surface area contributed by atoms with Gasteiger partial charge in [0, 0.05) is 6.54 Å². The summed E-state index contributed by atoms with van der Waals surface area (Å²) >= 11 is 0. The number of benzene rings is 1. The van der Waals surface area contributed by atoms with Gasteiger partial charge in [-0.3, -0.25) is 0 Å². The predicted molar refractivity (Wildman–Crippen MR) is 71.8 cm³/mol. The van der Waals surface area contributed by atoms with Crippen LogP contribution in [-0.2, 0) is 6.54 Å². The number of hydrogen-bond donors (Lipinski definition) is 1. The van der Waals surface area contributed by atoms with Gasteiger partial charge in [0.15, 0.2) is 0 Å². The summed E-state index contributed by atoms with van der Waals surface area (Å²) in [5.74, 6) is 0.648. The molecule has 0 aliphatic rings. The van der Waals surface area contributed by atoms with Crippen molar-refractivity contribution in [2.45, 2.75) is 45.7 Å². The lowest BCUT2D eigenvalue weighted by molar-refractivity contribution is 0.551. The van der Waals surface area contributed by atoms with Gasteiger partial charge in [0.05, 0.1) is 17.1 Å². The van der Waals surface area contributed by atoms with E-state index in [0.717, 1.165) is 42.7 Å². The Labute approximate surface area is 107 Å². The van der Waals surface area contributed by atoms with Gasteiger partial charge in [-0.25, -0.2) is 9.37 Å². The molecule has 0 radical (unpaired) electrons. The lowest BCUT2D eigenvalue weighted by Crippen LogP contribution is -2.16. The molecule has 4 heteroatoms. The van der Waals surface area contributed by atoms with E-state index >= 15 is 0 Å². The average Bonchev–Trinajstić information content (AvgIpc) is 2.69. The Morgan fingerprint density at radius 1 is 1.33 bits per heavy atom. The van der Waals surface area contributed by atoms with E-state index in [0.29, 0.717) is 0 Å². The average molecular weight is 249 g/mol. The van der Waals surface area contributed by atoms with Crippen LogP contribution in [0, 0.1) is 5.82 Å². The molecule has 1 aromatic heterocycles. The number of aromatic nitrogens is 2. The van der Waals surface area contributed by atoms with Crippen LogP contribution in [0.4, 0.5) is 4.39 Å². The van der Waals surface area contributed by atoms with E-state index in [1.165, 1.54) is 6.07 Å². The molecular formula is C14H20FN3. The van der Waals surface area contributed by atoms with Gasteiger partial charge in [-0.15, -0.1) is 0 Å². The number of nitrogens with zero attached hydrogens (tertiary/aromatic N) is 2. The molecule has 3 nitrogen and oxygen atoms in total. The second-order valence-electron chi connectivity index (χ2n) is 4.65. The molecule has 0 aliphatic heterocycles. The molecule has 0 amide bonds. The van der Waals surface area contributed by atoms with Crippen molar-refractivity contribution in [3.63, 3.8) is 0 Å². The molecule has 0 fully saturated rings. The van der Waals surface area contributed by atoms with Gasteiger partial charge in [-0.2, -0.15) is 0 Å². The normalized spacial score (nSPS) is 13.1. The van der Waals surface area contributed by atoms with E-state index in [1.807, 2.05) is 0 Å². The Bertz CT molecular complexity index is 533. The quantitative estimate of drug-likeness (QED) is 0.882. The first-order valence-corrected chi connectivity index (χ1v) is 6.58. The molecule has 18 heavy (non-hydrogen) atoms. The van der Waals surface area contributed by atoms with Gasteiger partial charge in [0.25, 0.3) is 0 Å². The van der Waals surface area contributed by atoms with Crippen molar-refractivity contribution in [3.05, 3.63) is 29.8 Å². The zero-order valence-electron chi connectivity index (χ0n) is 11.0. The summed E-state index contributed by atoms with van der Waals surface area (Å²) in [6.45, 7) is 5.03. The van der Waals surface area contributed by atoms with Crippen molar-refractivity contribution in [3.8, 4) is 0 Å². The summed E-state index contributed by atoms with van der Waals surface area (Å²) in [6.07, 6.45) is 2.90. The molecule has 1 atom stereocenters. The van der Waals surface area contributed by atoms with Crippen LogP contribution in [0.2, 0.25) is 0 Å². The van der Waals surface area contributed by atoms with E-state index in [9.17, 15) is 4.39 Å². The highest BCUT2D eigenvalue weighted by atomic mass is 19.1. The Kier molecular flexibility index (Phi) is 3.97. The predicted octanol–water partition coefficient (Wildman–Crippen LogP) is 3.39. The summed E-state index contributed by atoms with van der Waals surface area (Å²) < 4.78 is 15.4. The zero-order valence-corrected chi connectivity index (χ0v) is 11.0. The largest absolute Gasteiger partial charge is 0.327 e. The van der Waals surface area contributed by atoms with Gasteiger partial charge in [-0.1, -0.05) is 20.3 Å². The molecular weight excluding hydrogens is 229 g/mol. The van der Waals surface area contributed by atoms with Crippen molar-refractivity contribution in [2.24, 2.45) is 5.73 Å². The summed E-state index contributed by atoms with van der Waals surface area (Å²) in [6, 6.07) is 4.64. The summed E-state index contributed by atoms with van der Waals surface area (Å²) in [7, 11) is 0. The van der Waals surface area contributed by atoms with Gasteiger partial charge in [0.2, 0.25) is 0 Å². The number of rotatable bonds is 5. The second kappa shape index (κ2) is 5.48. The van der Waals surface area contributed by atoms with E-state index in [1.54, 1.807) is 12.1 Å². The first kappa shape index (κ1) is 13.0. The van der Waals surface area contributed by atoms with Crippen LogP contribution >= 0.6 is 0 Å². The van der Waals surface area contributed by atoms with Crippen LogP contribution in [0.25, 0.3) is 11.0 Å². The fraction of sp³-hybridized carbons (Fsp3) is 0.500. The van der Waals surface area contributed by atoms with Crippen LogP contribution in [0.5, 0.6) is 0 Å². The molecule has 0 saturated heterocycles. The van der Waals surface area contributed by atoms with E-state index in [-0.39, 0.29) is 11.9 Å². The third kappa shape index (κ3) is 2.38. The van der Waals surface area contributed by atoms with Gasteiger partial charge in [0.1, 0.15) is 11.6 Å². The fourth-order valence-corrected chi connectivity index (χ4v) is 2.30. The van der Waals surface area contributed by atoms with Crippen molar-refractivity contribution in [1.82, 2.24) is 9.55 Å². The van der Waals surface area contributed by atoms with E-state index in [4.69, 9.17) is 5.73 Å². The maximum absolute atomic E-state index is 13.3. The molecule has 1 heterocycles. The van der Waals surface area contributed by atoms with Crippen molar-refractivity contribution >= 4 is 11.0 Å². The second-order valence-corrected chi connectivity index (χ2v) is 4.65. The van der Waals surface area contributed by atoms with Gasteiger partial charge >= 0.3 is 0 Å². The third-order valence-corrected chi connectivity index (χ3v) is 3.12. The molecule has 0 spiro atoms. The summed E-state index contributed by atoms with van der Waals surface area (Å²) in [5, 5.41) is 0. The van der Waals surface area contributed by atoms with Crippen LogP contribution < -0.4 is 5.73 Å². The smallest absolute Gasteiger partial charge is 0.126 e. The number of aryl methyl sites for hydroxylation is 1. The fourth-order valence-electron chi connectivity index (χ4n) is 2.30. The summed E-state index contributed by atoms with van der Waals surface area (Å²) in [4.78, 5) is 4.56. The molecule has 1 unspecified atom stereocenters. The lowest BCUT2D eigenvalue weighted by Gasteiger charge is -2.13. The van der Waals surface area contributed by atoms with Crippen molar-refractivity contribution < 1.29 is 4.39 Å². The van der Waals surface area contributed by atoms with Crippen LogP contribution in [-0.4, -0.2) is 9.55 Å². The van der Waals surface area contributed by atoms with Crippen molar-refractivity contribution in [2.75, 3.05) is 0 Å². The molecule has 2 aromatic rings. The molecule has 2 rings (SSSR count). The van der Waals surface area contributed by atoms with Crippen molar-refractivity contribution in [1.29, 1.82) is 0 Å². The Balaban J connectivity index is 2.54. The number of halogens is 1. The van der Waals surface area contributed by atoms with Crippen LogP contribution in [0.15, 0.2) is 18.2 Å². The number of nitrogens with two attached hydrogens (primary N) is 1. The first-order chi connectivity index (χ1) is 8.67. The Hall–Kier alpha value is -1.42. The van der Waals surface area contributed by atoms with Crippen LogP contribution in [0.1, 0.15) is 45.0 Å². The van der Waals surface area contributed by atoms with E-state index < -0.39 is 0 Å². The number of imidazole rings is 1. The lowest BCUT2D eigenvalue weighted by atomic mass is 10.1. The minimum absolute atomic E-state index is 0.0722. The SMILES string of the molecule is CCCC(N)c1nc2ccc(F)cc2n1CCC. The third-order valence-electron chi connectivity index (χ3n) is 3.12. The minimum Gasteiger partial charge on any atom is -0.327 e.